The molecule has 0 aromatic heterocycles. The number of carboxylic acid groups (broad SMARTS) is 1. The van der Waals surface area contributed by atoms with Gasteiger partial charge in [-0.15, -0.1) is 0 Å². The average Bonchev–Trinajstić information content (AvgIpc) is 3.49. The van der Waals surface area contributed by atoms with Gasteiger partial charge in [0.15, 0.2) is 18.9 Å². The van der Waals surface area contributed by atoms with Gasteiger partial charge >= 0.3 is 5.97 Å². The van der Waals surface area contributed by atoms with E-state index in [1.807, 2.05) is 6.92 Å². The van der Waals surface area contributed by atoms with Gasteiger partial charge in [-0.1, -0.05) is 53.2 Å². The molecule has 0 radical (unpaired) electrons. The first-order chi connectivity index (χ1) is 29.0. The maximum Gasteiger partial charge on any atom is 0.310 e. The van der Waals surface area contributed by atoms with Gasteiger partial charge in [0.25, 0.3) is 0 Å². The zero-order valence-corrected chi connectivity index (χ0v) is 37.5. The topological polar surface area (TPSA) is 255 Å². The van der Waals surface area contributed by atoms with Crippen molar-refractivity contribution in [3.05, 3.63) is 11.6 Å². The first-order valence-corrected chi connectivity index (χ1v) is 23.1. The van der Waals surface area contributed by atoms with Crippen LogP contribution in [0.4, 0.5) is 0 Å². The molecule has 16 nitrogen and oxygen atoms in total. The van der Waals surface area contributed by atoms with Crippen LogP contribution in [0.3, 0.4) is 0 Å². The van der Waals surface area contributed by atoms with E-state index in [0.717, 1.165) is 44.9 Å². The van der Waals surface area contributed by atoms with Gasteiger partial charge < -0.3 is 74.4 Å². The number of rotatable bonds is 9. The minimum atomic E-state index is -1.73. The number of carbonyl (C=O) groups is 1. The van der Waals surface area contributed by atoms with Gasteiger partial charge in [-0.25, -0.2) is 0 Å². The quantitative estimate of drug-likeness (QED) is 0.119. The zero-order valence-electron chi connectivity index (χ0n) is 37.5. The summed E-state index contributed by atoms with van der Waals surface area (Å²) in [5, 5.41) is 96.7. The maximum absolute atomic E-state index is 13.1. The summed E-state index contributed by atoms with van der Waals surface area (Å²) in [7, 11) is 0. The zero-order chi connectivity index (χ0) is 45.1. The van der Waals surface area contributed by atoms with Gasteiger partial charge in [0.05, 0.1) is 37.4 Å². The molecule has 0 bridgehead atoms. The fourth-order valence-corrected chi connectivity index (χ4v) is 14.6. The van der Waals surface area contributed by atoms with Crippen LogP contribution in [0.5, 0.6) is 0 Å². The molecule has 0 unspecified atom stereocenters. The summed E-state index contributed by atoms with van der Waals surface area (Å²) >= 11 is 0. The molecular formula is C46H74O16. The van der Waals surface area contributed by atoms with Gasteiger partial charge in [0, 0.05) is 5.41 Å². The van der Waals surface area contributed by atoms with Crippen LogP contribution < -0.4 is 0 Å². The normalized spacial score (nSPS) is 55.0. The van der Waals surface area contributed by atoms with E-state index in [4.69, 9.17) is 28.4 Å². The number of hydrogen-bond donors (Lipinski definition) is 9. The van der Waals surface area contributed by atoms with Crippen molar-refractivity contribution in [2.75, 3.05) is 19.8 Å². The van der Waals surface area contributed by atoms with Crippen molar-refractivity contribution < 1.29 is 79.2 Å². The Morgan fingerprint density at radius 3 is 2.06 bits per heavy atom. The molecule has 5 aliphatic carbocycles. The van der Waals surface area contributed by atoms with Crippen molar-refractivity contribution in [3.63, 3.8) is 0 Å². The molecule has 0 aromatic carbocycles. The summed E-state index contributed by atoms with van der Waals surface area (Å²) in [5.41, 5.74) is -0.636. The van der Waals surface area contributed by atoms with Crippen molar-refractivity contribution in [2.45, 2.75) is 199 Å². The average molecular weight is 883 g/mol. The number of aliphatic carboxylic acids is 1. The lowest BCUT2D eigenvalue weighted by Gasteiger charge is -2.71. The Labute approximate surface area is 364 Å². The fraction of sp³-hybridized carbons (Fsp3) is 0.935. The smallest absolute Gasteiger partial charge is 0.310 e. The van der Waals surface area contributed by atoms with Crippen LogP contribution in [0, 0.1) is 50.2 Å². The third-order valence-corrected chi connectivity index (χ3v) is 18.7. The summed E-state index contributed by atoms with van der Waals surface area (Å²) in [5.74, 6) is -0.403. The molecule has 62 heavy (non-hydrogen) atoms. The summed E-state index contributed by atoms with van der Waals surface area (Å²) in [6.07, 6.45) is -8.93. The van der Waals surface area contributed by atoms with Crippen LogP contribution >= 0.6 is 0 Å². The third kappa shape index (κ3) is 7.10. The number of ether oxygens (including phenoxy) is 6. The Morgan fingerprint density at radius 2 is 1.40 bits per heavy atom. The summed E-state index contributed by atoms with van der Waals surface area (Å²) in [6, 6.07) is 0. The Bertz CT molecular complexity index is 1690. The molecule has 22 atom stereocenters. The largest absolute Gasteiger partial charge is 0.481 e. The molecule has 0 amide bonds. The molecule has 354 valence electrons. The minimum absolute atomic E-state index is 0.00374. The molecular weight excluding hydrogens is 808 g/mol. The van der Waals surface area contributed by atoms with Gasteiger partial charge in [0.2, 0.25) is 0 Å². The highest BCUT2D eigenvalue weighted by atomic mass is 16.8. The highest BCUT2D eigenvalue weighted by Crippen LogP contribution is 2.76. The van der Waals surface area contributed by atoms with Crippen molar-refractivity contribution in [2.24, 2.45) is 50.2 Å². The summed E-state index contributed by atoms with van der Waals surface area (Å²) in [6.45, 7) is 14.2. The van der Waals surface area contributed by atoms with E-state index in [1.165, 1.54) is 12.5 Å². The van der Waals surface area contributed by atoms with Crippen molar-refractivity contribution in [1.29, 1.82) is 0 Å². The molecule has 0 spiro atoms. The number of hydrogen-bond acceptors (Lipinski definition) is 15. The third-order valence-electron chi connectivity index (χ3n) is 18.7. The molecule has 16 heteroatoms. The van der Waals surface area contributed by atoms with E-state index in [-0.39, 0.29) is 52.6 Å². The van der Waals surface area contributed by atoms with E-state index in [2.05, 4.69) is 40.7 Å². The summed E-state index contributed by atoms with van der Waals surface area (Å²) < 4.78 is 36.9. The van der Waals surface area contributed by atoms with Gasteiger partial charge in [-0.3, -0.25) is 4.79 Å². The van der Waals surface area contributed by atoms with Gasteiger partial charge in [-0.2, -0.15) is 0 Å². The Kier molecular flexibility index (Phi) is 12.5. The van der Waals surface area contributed by atoms with Crippen LogP contribution in [-0.2, 0) is 33.2 Å². The predicted octanol–water partition coefficient (Wildman–Crippen LogP) is 1.98. The number of fused-ring (bicyclic) bond motifs is 7. The minimum Gasteiger partial charge on any atom is -0.481 e. The lowest BCUT2D eigenvalue weighted by molar-refractivity contribution is -0.378. The van der Waals surface area contributed by atoms with E-state index in [9.17, 15) is 50.8 Å². The van der Waals surface area contributed by atoms with Crippen LogP contribution in [0.25, 0.3) is 0 Å². The Morgan fingerprint density at radius 1 is 0.742 bits per heavy atom. The Balaban J connectivity index is 1.08. The maximum atomic E-state index is 13.1. The van der Waals surface area contributed by atoms with Gasteiger partial charge in [0.1, 0.15) is 54.9 Å². The monoisotopic (exact) mass is 882 g/mol. The molecule has 3 saturated heterocycles. The molecule has 8 rings (SSSR count). The predicted molar refractivity (Wildman–Crippen MR) is 219 cm³/mol. The molecule has 0 aromatic rings. The van der Waals surface area contributed by atoms with Crippen LogP contribution in [0.2, 0.25) is 0 Å². The van der Waals surface area contributed by atoms with E-state index < -0.39 is 109 Å². The number of aliphatic hydroxyl groups excluding tert-OH is 8. The van der Waals surface area contributed by atoms with E-state index in [0.29, 0.717) is 19.3 Å². The van der Waals surface area contributed by atoms with Crippen molar-refractivity contribution in [3.8, 4) is 0 Å². The van der Waals surface area contributed by atoms with E-state index >= 15 is 0 Å². The molecule has 3 aliphatic heterocycles. The van der Waals surface area contributed by atoms with Crippen LogP contribution in [0.15, 0.2) is 11.6 Å². The fourth-order valence-electron chi connectivity index (χ4n) is 14.6. The first-order valence-electron chi connectivity index (χ1n) is 23.1. The lowest BCUT2D eigenvalue weighted by Crippen LogP contribution is -2.67. The SMILES string of the molecule is C[C@@H]1O[C@@H](O[C@H]2[C@@H](O[C@H]3CC[C@@]4(C)[C@@H](CC[C@]5(C)[C@@H]4CC=C4[C@@H]6CC(C)(C)CC[C@]6(C(=O)O)CC[C@]45C)[C@]3(C)CO)OC[C@H](O)[C@@H]2O[C@@H]2O[C@@H](CO)[C@H](O)[C@H]2O)[C@H](O)[C@H](O)[C@H]1O. The van der Waals surface area contributed by atoms with Crippen LogP contribution in [0.1, 0.15) is 113 Å². The van der Waals surface area contributed by atoms with Gasteiger partial charge in [-0.05, 0) is 111 Å². The van der Waals surface area contributed by atoms with Crippen LogP contribution in [-0.4, -0.2) is 158 Å². The van der Waals surface area contributed by atoms with Crippen molar-refractivity contribution >= 4 is 5.97 Å². The second-order valence-electron chi connectivity index (χ2n) is 22.4. The number of carboxylic acids is 1. The molecule has 7 fully saturated rings. The van der Waals surface area contributed by atoms with Crippen molar-refractivity contribution in [1.82, 2.24) is 0 Å². The first kappa shape index (κ1) is 47.2. The second-order valence-corrected chi connectivity index (χ2v) is 22.4. The molecule has 8 aliphatic rings. The highest BCUT2D eigenvalue weighted by Gasteiger charge is 2.70. The number of allylic oxidation sites excluding steroid dienone is 2. The number of aliphatic hydroxyl groups is 8. The molecule has 9 N–H and O–H groups in total. The second kappa shape index (κ2) is 16.5. The highest BCUT2D eigenvalue weighted by molar-refractivity contribution is 5.76. The standard InChI is InChI=1S/C46H74O16/c1-22-30(50)32(52)34(54)37(58-22)62-36-35(61-38-33(53)31(51)26(19-47)59-38)25(49)20-57-39(36)60-29-11-12-42(4)27(43(29,5)21-48)10-13-45(7)28(42)9-8-23-24-18-41(2,3)14-16-46(24,40(55)56)17-15-44(23,45)6/h8,22,24-39,47-54H,9-21H2,1-7H3,(H,55,56)/t22-,24-,25-,26-,27+,28+,29-,30-,31-,32+,33+,34+,35-,36+,37-,38-,39+,42-,43-,44+,45+,46-/m0/s1. The Hall–Kier alpha value is -1.35. The lowest BCUT2D eigenvalue weighted by atomic mass is 9.33. The molecule has 3 heterocycles. The summed E-state index contributed by atoms with van der Waals surface area (Å²) in [4.78, 5) is 13.1. The van der Waals surface area contributed by atoms with E-state index in [1.54, 1.807) is 0 Å². The molecule has 4 saturated carbocycles.